The number of hydrogen-bond acceptors (Lipinski definition) is 19. The van der Waals surface area contributed by atoms with Crippen LogP contribution >= 0.6 is 0 Å². The van der Waals surface area contributed by atoms with Crippen LogP contribution in [0.2, 0.25) is 0 Å². The average molecular weight is 967 g/mol. The molecular formula is C46H78O19S. The van der Waals surface area contributed by atoms with Crippen LogP contribution in [0.15, 0.2) is 47.4 Å². The Morgan fingerprint density at radius 1 is 0.333 bits per heavy atom. The topological polar surface area (TPSA) is 191 Å². The Hall–Kier alpha value is -2.77. The third-order valence-electron chi connectivity index (χ3n) is 8.39. The van der Waals surface area contributed by atoms with Gasteiger partial charge in [-0.15, -0.1) is 0 Å². The summed E-state index contributed by atoms with van der Waals surface area (Å²) in [5.41, 5.74) is 0.965. The molecule has 66 heavy (non-hydrogen) atoms. The summed E-state index contributed by atoms with van der Waals surface area (Å²) in [7, 11) is -3.81. The Bertz CT molecular complexity index is 1470. The molecule has 0 amide bonds. The zero-order valence-corrected chi connectivity index (χ0v) is 40.4. The number of hydrogen-bond donors (Lipinski definition) is 0. The van der Waals surface area contributed by atoms with Crippen LogP contribution in [-0.2, 0) is 75.9 Å². The molecule has 0 N–H and O–H groups in total. The second-order valence-corrected chi connectivity index (χ2v) is 15.4. The summed E-state index contributed by atoms with van der Waals surface area (Å²) in [6, 6.07) is 11.8. The molecule has 0 radical (unpaired) electrons. The Morgan fingerprint density at radius 3 is 0.879 bits per heavy atom. The third-order valence-corrected chi connectivity index (χ3v) is 9.72. The molecule has 382 valence electrons. The van der Waals surface area contributed by atoms with Gasteiger partial charge in [-0.1, -0.05) is 24.6 Å². The smallest absolute Gasteiger partial charge is 0.297 e. The van der Waals surface area contributed by atoms with Crippen LogP contribution < -0.4 is 14.2 Å². The second-order valence-electron chi connectivity index (χ2n) is 13.8. The average Bonchev–Trinajstić information content (AvgIpc) is 3.31. The van der Waals surface area contributed by atoms with E-state index < -0.39 is 10.1 Å². The van der Waals surface area contributed by atoms with Crippen LogP contribution in [0.5, 0.6) is 17.2 Å². The number of ether oxygens (including phenoxy) is 16. The first-order valence-electron chi connectivity index (χ1n) is 22.9. The van der Waals surface area contributed by atoms with Crippen molar-refractivity contribution < 1.29 is 88.4 Å². The van der Waals surface area contributed by atoms with Crippen LogP contribution in [0, 0.1) is 6.92 Å². The van der Waals surface area contributed by atoms with E-state index in [0.717, 1.165) is 18.6 Å². The molecule has 0 saturated heterocycles. The lowest BCUT2D eigenvalue weighted by molar-refractivity contribution is -0.0120. The maximum atomic E-state index is 12.2. The maximum absolute atomic E-state index is 12.2. The van der Waals surface area contributed by atoms with Crippen molar-refractivity contribution in [1.29, 1.82) is 0 Å². The minimum Gasteiger partial charge on any atom is -0.491 e. The van der Waals surface area contributed by atoms with E-state index in [9.17, 15) is 8.42 Å². The van der Waals surface area contributed by atoms with E-state index in [0.29, 0.717) is 196 Å². The van der Waals surface area contributed by atoms with E-state index >= 15 is 0 Å². The van der Waals surface area contributed by atoms with Gasteiger partial charge in [0.25, 0.3) is 10.1 Å². The first-order valence-corrected chi connectivity index (χ1v) is 24.4. The Balaban J connectivity index is 1.57. The zero-order valence-electron chi connectivity index (χ0n) is 39.6. The van der Waals surface area contributed by atoms with Crippen molar-refractivity contribution in [3.8, 4) is 17.2 Å². The van der Waals surface area contributed by atoms with Gasteiger partial charge >= 0.3 is 0 Å². The lowest BCUT2D eigenvalue weighted by atomic mass is 10.2. The first-order chi connectivity index (χ1) is 32.4. The molecule has 0 spiro atoms. The third kappa shape index (κ3) is 35.4. The van der Waals surface area contributed by atoms with Gasteiger partial charge in [0.15, 0.2) is 0 Å². The van der Waals surface area contributed by atoms with Gasteiger partial charge in [0.1, 0.15) is 37.1 Å². The van der Waals surface area contributed by atoms with Crippen molar-refractivity contribution >= 4 is 10.1 Å². The van der Waals surface area contributed by atoms with E-state index in [1.54, 1.807) is 30.3 Å². The fourth-order valence-electron chi connectivity index (χ4n) is 5.12. The summed E-state index contributed by atoms with van der Waals surface area (Å²) >= 11 is 0. The largest absolute Gasteiger partial charge is 0.491 e. The van der Waals surface area contributed by atoms with Gasteiger partial charge in [0, 0.05) is 31.4 Å². The molecule has 0 bridgehead atoms. The zero-order chi connectivity index (χ0) is 47.3. The minimum absolute atomic E-state index is 0.0814. The van der Waals surface area contributed by atoms with Crippen LogP contribution in [-0.4, -0.2) is 207 Å². The van der Waals surface area contributed by atoms with Crippen molar-refractivity contribution in [2.24, 2.45) is 0 Å². The fraction of sp³-hybridized carbons (Fsp3) is 0.739. The van der Waals surface area contributed by atoms with Gasteiger partial charge < -0.3 is 75.8 Å². The summed E-state index contributed by atoms with van der Waals surface area (Å²) in [5, 5.41) is 0. The number of benzene rings is 2. The van der Waals surface area contributed by atoms with Crippen molar-refractivity contribution in [3.05, 3.63) is 48.0 Å². The molecule has 2 aromatic rings. The van der Waals surface area contributed by atoms with E-state index in [1.165, 1.54) is 12.1 Å². The highest BCUT2D eigenvalue weighted by molar-refractivity contribution is 7.86. The molecule has 0 unspecified atom stereocenters. The molecule has 0 heterocycles. The van der Waals surface area contributed by atoms with Gasteiger partial charge in [0.05, 0.1) is 170 Å². The minimum atomic E-state index is -3.81. The van der Waals surface area contributed by atoms with Crippen LogP contribution in [0.25, 0.3) is 0 Å². The van der Waals surface area contributed by atoms with E-state index in [1.807, 2.05) is 13.8 Å². The van der Waals surface area contributed by atoms with Crippen molar-refractivity contribution in [1.82, 2.24) is 0 Å². The lowest BCUT2D eigenvalue weighted by Gasteiger charge is -2.14. The van der Waals surface area contributed by atoms with Crippen molar-refractivity contribution in [2.75, 3.05) is 198 Å². The highest BCUT2D eigenvalue weighted by Gasteiger charge is 2.14. The Kier molecular flexibility index (Phi) is 39.1. The van der Waals surface area contributed by atoms with E-state index in [2.05, 4.69) is 6.92 Å². The summed E-state index contributed by atoms with van der Waals surface area (Å²) in [4.78, 5) is 0.115. The summed E-state index contributed by atoms with van der Waals surface area (Å²) in [5.74, 6) is 1.69. The molecule has 20 heteroatoms. The monoisotopic (exact) mass is 966 g/mol. The molecule has 0 aliphatic carbocycles. The van der Waals surface area contributed by atoms with E-state index in [4.69, 9.17) is 80.0 Å². The quantitative estimate of drug-likeness (QED) is 0.0677. The van der Waals surface area contributed by atoms with Gasteiger partial charge in [-0.05, 0) is 32.4 Å². The molecule has 0 aromatic heterocycles. The highest BCUT2D eigenvalue weighted by Crippen LogP contribution is 2.28. The molecule has 0 fully saturated rings. The Morgan fingerprint density at radius 2 is 0.591 bits per heavy atom. The molecule has 0 aliphatic heterocycles. The molecule has 0 saturated carbocycles. The molecule has 19 nitrogen and oxygen atoms in total. The molecule has 0 atom stereocenters. The lowest BCUT2D eigenvalue weighted by Crippen LogP contribution is -2.15. The van der Waals surface area contributed by atoms with Gasteiger partial charge in [-0.3, -0.25) is 4.18 Å². The second kappa shape index (κ2) is 43.5. The maximum Gasteiger partial charge on any atom is 0.297 e. The SMILES string of the molecule is CCCOCCOCCOCCOCCOc1cc(OCCOCCOCCOCCOCCOCC)cc(OCCOCCOCCOCCOCCOS(=O)(=O)c2ccc(C)cc2)c1. The summed E-state index contributed by atoms with van der Waals surface area (Å²) in [6.07, 6.45) is 0.994. The van der Waals surface area contributed by atoms with Gasteiger partial charge in [-0.2, -0.15) is 8.42 Å². The normalized spacial score (nSPS) is 11.7. The molecule has 2 aromatic carbocycles. The predicted molar refractivity (Wildman–Crippen MR) is 244 cm³/mol. The molecular weight excluding hydrogens is 889 g/mol. The van der Waals surface area contributed by atoms with Crippen LogP contribution in [0.4, 0.5) is 0 Å². The standard InChI is InChI=1S/C46H78O19S/c1-4-10-50-13-14-52-17-18-54-23-27-58-31-35-62-43-39-44(63-36-32-59-28-24-55-20-19-53-16-15-51-12-11-49-5-2)41-45(40-43)64-37-33-60-29-25-56-21-22-57-26-30-61-34-38-65-66(47,48)46-8-6-42(3)7-9-46/h6-9,39-41H,4-5,10-38H2,1-3H3. The number of rotatable bonds is 50. The van der Waals surface area contributed by atoms with Crippen LogP contribution in [0.3, 0.4) is 0 Å². The van der Waals surface area contributed by atoms with Gasteiger partial charge in [-0.25, -0.2) is 0 Å². The highest BCUT2D eigenvalue weighted by atomic mass is 32.2. The van der Waals surface area contributed by atoms with Crippen molar-refractivity contribution in [2.45, 2.75) is 32.1 Å². The summed E-state index contributed by atoms with van der Waals surface area (Å²) in [6.45, 7) is 18.6. The summed E-state index contributed by atoms with van der Waals surface area (Å²) < 4.78 is 119. The molecule has 0 aliphatic rings. The van der Waals surface area contributed by atoms with Crippen LogP contribution in [0.1, 0.15) is 25.8 Å². The van der Waals surface area contributed by atoms with Crippen molar-refractivity contribution in [3.63, 3.8) is 0 Å². The Labute approximate surface area is 393 Å². The first kappa shape index (κ1) is 59.4. The molecule has 2 rings (SSSR count). The number of aryl methyl sites for hydroxylation is 1. The van der Waals surface area contributed by atoms with E-state index in [-0.39, 0.29) is 18.1 Å². The van der Waals surface area contributed by atoms with Gasteiger partial charge in [0.2, 0.25) is 0 Å². The predicted octanol–water partition coefficient (Wildman–Crippen LogP) is 4.18. The fourth-order valence-corrected chi connectivity index (χ4v) is 6.01.